The third kappa shape index (κ3) is 2.77. The fourth-order valence-electron chi connectivity index (χ4n) is 2.01. The minimum Gasteiger partial charge on any atom is -0.373 e. The molecule has 1 rings (SSSR count). The summed E-state index contributed by atoms with van der Waals surface area (Å²) in [7, 11) is 2.22. The SMILES string of the molecule is CCC(C)c1ccccc1[Si](OC)(OC)OC. The van der Waals surface area contributed by atoms with E-state index in [-0.39, 0.29) is 0 Å². The van der Waals surface area contributed by atoms with Crippen LogP contribution in [-0.4, -0.2) is 30.1 Å². The summed E-state index contributed by atoms with van der Waals surface area (Å²) in [5, 5.41) is 1.07. The van der Waals surface area contributed by atoms with Gasteiger partial charge in [-0.2, -0.15) is 0 Å². The van der Waals surface area contributed by atoms with Crippen LogP contribution < -0.4 is 5.19 Å². The second-order valence-electron chi connectivity index (χ2n) is 4.07. The van der Waals surface area contributed by atoms with Crippen LogP contribution in [0.25, 0.3) is 0 Å². The van der Waals surface area contributed by atoms with Gasteiger partial charge in [0.25, 0.3) is 0 Å². The number of rotatable bonds is 6. The Morgan fingerprint density at radius 3 is 2.06 bits per heavy atom. The van der Waals surface area contributed by atoms with Crippen LogP contribution in [0.2, 0.25) is 0 Å². The van der Waals surface area contributed by atoms with Gasteiger partial charge in [0.05, 0.1) is 0 Å². The lowest BCUT2D eigenvalue weighted by Crippen LogP contribution is -2.56. The van der Waals surface area contributed by atoms with Gasteiger partial charge in [0.2, 0.25) is 0 Å². The Morgan fingerprint density at radius 1 is 1.06 bits per heavy atom. The molecule has 3 nitrogen and oxygen atoms in total. The van der Waals surface area contributed by atoms with Crippen molar-refractivity contribution in [1.82, 2.24) is 0 Å². The predicted molar refractivity (Wildman–Crippen MR) is 71.6 cm³/mol. The molecule has 0 fully saturated rings. The third-order valence-corrected chi connectivity index (χ3v) is 5.97. The van der Waals surface area contributed by atoms with Gasteiger partial charge in [-0.15, -0.1) is 0 Å². The molecule has 4 heteroatoms. The van der Waals surface area contributed by atoms with Crippen molar-refractivity contribution in [1.29, 1.82) is 0 Å². The van der Waals surface area contributed by atoms with E-state index in [1.165, 1.54) is 5.56 Å². The number of hydrogen-bond donors (Lipinski definition) is 0. The monoisotopic (exact) mass is 254 g/mol. The van der Waals surface area contributed by atoms with E-state index in [9.17, 15) is 0 Å². The van der Waals surface area contributed by atoms with Crippen molar-refractivity contribution in [3.63, 3.8) is 0 Å². The van der Waals surface area contributed by atoms with Crippen LogP contribution in [0.15, 0.2) is 24.3 Å². The van der Waals surface area contributed by atoms with Crippen molar-refractivity contribution in [2.45, 2.75) is 26.2 Å². The van der Waals surface area contributed by atoms with Crippen LogP contribution in [-0.2, 0) is 13.3 Å². The Labute approximate surface area is 105 Å². The van der Waals surface area contributed by atoms with Crippen molar-refractivity contribution in [3.05, 3.63) is 29.8 Å². The third-order valence-electron chi connectivity index (χ3n) is 3.24. The lowest BCUT2D eigenvalue weighted by Gasteiger charge is -2.28. The van der Waals surface area contributed by atoms with E-state index >= 15 is 0 Å². The van der Waals surface area contributed by atoms with Gasteiger partial charge < -0.3 is 13.3 Å². The maximum absolute atomic E-state index is 5.55. The minimum atomic E-state index is -2.72. The molecule has 0 saturated carbocycles. The largest absolute Gasteiger partial charge is 0.536 e. The molecule has 0 spiro atoms. The Hall–Kier alpha value is -0.683. The van der Waals surface area contributed by atoms with Gasteiger partial charge >= 0.3 is 8.80 Å². The van der Waals surface area contributed by atoms with E-state index in [0.717, 1.165) is 11.6 Å². The molecule has 1 aromatic carbocycles. The number of hydrogen-bond acceptors (Lipinski definition) is 3. The Bertz CT molecular complexity index is 342. The lowest BCUT2D eigenvalue weighted by molar-refractivity contribution is 0.140. The summed E-state index contributed by atoms with van der Waals surface area (Å²) in [6, 6.07) is 8.22. The molecule has 0 amide bonds. The molecule has 17 heavy (non-hydrogen) atoms. The summed E-state index contributed by atoms with van der Waals surface area (Å²) in [4.78, 5) is 0. The summed E-state index contributed by atoms with van der Waals surface area (Å²) < 4.78 is 16.7. The van der Waals surface area contributed by atoms with Crippen LogP contribution in [0.3, 0.4) is 0 Å². The zero-order chi connectivity index (χ0) is 12.9. The van der Waals surface area contributed by atoms with Crippen molar-refractivity contribution in [3.8, 4) is 0 Å². The van der Waals surface area contributed by atoms with Crippen LogP contribution in [0, 0.1) is 0 Å². The quantitative estimate of drug-likeness (QED) is 0.729. The standard InChI is InChI=1S/C13H22O3Si/c1-6-11(2)12-9-7-8-10-13(12)17(14-3,15-4)16-5/h7-11H,6H2,1-5H3. The maximum atomic E-state index is 5.55. The molecule has 0 saturated heterocycles. The normalized spacial score (nSPS) is 13.7. The summed E-state index contributed by atoms with van der Waals surface area (Å²) in [5.74, 6) is 0.471. The van der Waals surface area contributed by atoms with E-state index in [1.54, 1.807) is 21.3 Å². The van der Waals surface area contributed by atoms with Gasteiger partial charge in [-0.05, 0) is 17.9 Å². The van der Waals surface area contributed by atoms with Crippen molar-refractivity contribution >= 4 is 14.0 Å². The van der Waals surface area contributed by atoms with Gasteiger partial charge in [0.1, 0.15) is 0 Å². The molecule has 0 radical (unpaired) electrons. The minimum absolute atomic E-state index is 0.471. The Balaban J connectivity index is 3.28. The first kappa shape index (κ1) is 14.4. The Morgan fingerprint density at radius 2 is 1.59 bits per heavy atom. The summed E-state index contributed by atoms with van der Waals surface area (Å²) in [6.45, 7) is 4.38. The smallest absolute Gasteiger partial charge is 0.373 e. The zero-order valence-corrected chi connectivity index (χ0v) is 12.3. The first-order valence-corrected chi connectivity index (χ1v) is 7.62. The van der Waals surface area contributed by atoms with Gasteiger partial charge in [-0.25, -0.2) is 0 Å². The first-order chi connectivity index (χ1) is 8.15. The second-order valence-corrected chi connectivity index (χ2v) is 6.94. The number of benzene rings is 1. The molecular formula is C13H22O3Si. The van der Waals surface area contributed by atoms with E-state index < -0.39 is 8.80 Å². The fraction of sp³-hybridized carbons (Fsp3) is 0.538. The predicted octanol–water partition coefficient (Wildman–Crippen LogP) is 2.29. The molecule has 0 aliphatic carbocycles. The highest BCUT2D eigenvalue weighted by atomic mass is 28.4. The summed E-state index contributed by atoms with van der Waals surface area (Å²) >= 11 is 0. The van der Waals surface area contributed by atoms with Gasteiger partial charge in [-0.3, -0.25) is 0 Å². The van der Waals surface area contributed by atoms with Gasteiger partial charge in [0, 0.05) is 26.5 Å². The van der Waals surface area contributed by atoms with Crippen LogP contribution in [0.1, 0.15) is 31.7 Å². The molecule has 0 N–H and O–H groups in total. The van der Waals surface area contributed by atoms with Crippen molar-refractivity contribution in [2.75, 3.05) is 21.3 Å². The fourth-order valence-corrected chi connectivity index (χ4v) is 4.15. The highest BCUT2D eigenvalue weighted by Crippen LogP contribution is 2.20. The molecule has 0 heterocycles. The topological polar surface area (TPSA) is 27.7 Å². The van der Waals surface area contributed by atoms with Crippen LogP contribution in [0.5, 0.6) is 0 Å². The molecule has 0 aliphatic rings. The molecular weight excluding hydrogens is 232 g/mol. The van der Waals surface area contributed by atoms with Crippen molar-refractivity contribution in [2.24, 2.45) is 0 Å². The molecule has 1 aromatic rings. The molecule has 0 aliphatic heterocycles. The van der Waals surface area contributed by atoms with E-state index in [4.69, 9.17) is 13.3 Å². The van der Waals surface area contributed by atoms with Gasteiger partial charge in [0.15, 0.2) is 0 Å². The van der Waals surface area contributed by atoms with E-state index in [1.807, 2.05) is 18.2 Å². The average Bonchev–Trinajstić information content (AvgIpc) is 2.41. The summed E-state index contributed by atoms with van der Waals surface area (Å²) in [6.07, 6.45) is 1.08. The lowest BCUT2D eigenvalue weighted by atomic mass is 9.99. The molecule has 1 unspecified atom stereocenters. The highest BCUT2D eigenvalue weighted by Gasteiger charge is 2.42. The van der Waals surface area contributed by atoms with Gasteiger partial charge in [-0.1, -0.05) is 38.1 Å². The second kappa shape index (κ2) is 6.30. The highest BCUT2D eigenvalue weighted by molar-refractivity contribution is 6.75. The molecule has 0 bridgehead atoms. The van der Waals surface area contributed by atoms with Crippen LogP contribution >= 0.6 is 0 Å². The average molecular weight is 254 g/mol. The maximum Gasteiger partial charge on any atom is 0.536 e. The summed E-state index contributed by atoms with van der Waals surface area (Å²) in [5.41, 5.74) is 1.26. The zero-order valence-electron chi connectivity index (χ0n) is 11.3. The molecule has 96 valence electrons. The van der Waals surface area contributed by atoms with Crippen molar-refractivity contribution < 1.29 is 13.3 Å². The first-order valence-electron chi connectivity index (χ1n) is 5.90. The van der Waals surface area contributed by atoms with E-state index in [0.29, 0.717) is 5.92 Å². The van der Waals surface area contributed by atoms with E-state index in [2.05, 4.69) is 19.9 Å². The molecule has 1 atom stereocenters. The Kier molecular flexibility index (Phi) is 5.33. The van der Waals surface area contributed by atoms with Crippen LogP contribution in [0.4, 0.5) is 0 Å². The molecule has 0 aromatic heterocycles.